The predicted octanol–water partition coefficient (Wildman–Crippen LogP) is 1.94. The highest BCUT2D eigenvalue weighted by Crippen LogP contribution is 2.27. The molecule has 1 fully saturated rings. The van der Waals surface area contributed by atoms with Crippen LogP contribution in [0.5, 0.6) is 0 Å². The van der Waals surface area contributed by atoms with E-state index in [-0.39, 0.29) is 11.5 Å². The van der Waals surface area contributed by atoms with Crippen molar-refractivity contribution in [3.63, 3.8) is 0 Å². The molecule has 2 heterocycles. The van der Waals surface area contributed by atoms with Gasteiger partial charge in [0.25, 0.3) is 0 Å². The molecule has 6 heteroatoms. The summed E-state index contributed by atoms with van der Waals surface area (Å²) in [5.41, 5.74) is 0.940. The van der Waals surface area contributed by atoms with Crippen molar-refractivity contribution in [3.8, 4) is 11.5 Å². The minimum Gasteiger partial charge on any atom is -0.478 e. The number of benzene rings is 1. The van der Waals surface area contributed by atoms with Gasteiger partial charge in [-0.2, -0.15) is 0 Å². The average Bonchev–Trinajstić information content (AvgIpc) is 3.10. The van der Waals surface area contributed by atoms with Gasteiger partial charge < -0.3 is 14.3 Å². The van der Waals surface area contributed by atoms with Gasteiger partial charge in [0.2, 0.25) is 11.8 Å². The van der Waals surface area contributed by atoms with E-state index in [1.165, 1.54) is 12.1 Å². The molecule has 3 rings (SSSR count). The summed E-state index contributed by atoms with van der Waals surface area (Å²) in [5.74, 6) is 0.189. The zero-order valence-electron chi connectivity index (χ0n) is 10.1. The van der Waals surface area contributed by atoms with Crippen LogP contribution in [0.15, 0.2) is 28.7 Å². The molecule has 19 heavy (non-hydrogen) atoms. The van der Waals surface area contributed by atoms with E-state index in [0.717, 1.165) is 13.0 Å². The summed E-state index contributed by atoms with van der Waals surface area (Å²) in [5, 5.41) is 16.8. The summed E-state index contributed by atoms with van der Waals surface area (Å²) in [6, 6.07) is 6.35. The van der Waals surface area contributed by atoms with Crippen LogP contribution >= 0.6 is 0 Å². The van der Waals surface area contributed by atoms with E-state index in [1.54, 1.807) is 12.1 Å². The van der Waals surface area contributed by atoms with Gasteiger partial charge in [-0.25, -0.2) is 4.79 Å². The van der Waals surface area contributed by atoms with Crippen LogP contribution in [-0.2, 0) is 4.74 Å². The minimum atomic E-state index is -0.958. The third-order valence-electron chi connectivity index (χ3n) is 3.10. The van der Waals surface area contributed by atoms with Gasteiger partial charge in [-0.15, -0.1) is 10.2 Å². The molecule has 0 radical (unpaired) electrons. The van der Waals surface area contributed by atoms with Crippen molar-refractivity contribution in [2.24, 2.45) is 0 Å². The molecule has 0 saturated carbocycles. The van der Waals surface area contributed by atoms with Gasteiger partial charge in [0, 0.05) is 12.2 Å². The van der Waals surface area contributed by atoms with Crippen molar-refractivity contribution >= 4 is 5.97 Å². The van der Waals surface area contributed by atoms with E-state index in [0.29, 0.717) is 24.0 Å². The highest BCUT2D eigenvalue weighted by atomic mass is 16.5. The Morgan fingerprint density at radius 2 is 2.05 bits per heavy atom. The average molecular weight is 260 g/mol. The second-order valence-corrected chi connectivity index (χ2v) is 4.39. The molecule has 1 aromatic carbocycles. The minimum absolute atomic E-state index is 0.166. The van der Waals surface area contributed by atoms with Gasteiger partial charge in [0.1, 0.15) is 0 Å². The van der Waals surface area contributed by atoms with Gasteiger partial charge in [-0.1, -0.05) is 0 Å². The largest absolute Gasteiger partial charge is 0.478 e. The Balaban J connectivity index is 1.83. The number of hydrogen-bond acceptors (Lipinski definition) is 5. The number of ether oxygens (including phenoxy) is 1. The maximum atomic E-state index is 10.8. The fourth-order valence-corrected chi connectivity index (χ4v) is 2.00. The number of carboxylic acids is 1. The summed E-state index contributed by atoms with van der Waals surface area (Å²) in [7, 11) is 0. The maximum Gasteiger partial charge on any atom is 0.335 e. The molecule has 0 spiro atoms. The van der Waals surface area contributed by atoms with Gasteiger partial charge in [-0.3, -0.25) is 0 Å². The third kappa shape index (κ3) is 2.34. The highest BCUT2D eigenvalue weighted by molar-refractivity contribution is 5.88. The molecule has 2 aromatic rings. The molecular weight excluding hydrogens is 248 g/mol. The topological polar surface area (TPSA) is 85.5 Å². The van der Waals surface area contributed by atoms with Gasteiger partial charge in [0.05, 0.1) is 18.1 Å². The fourth-order valence-electron chi connectivity index (χ4n) is 2.00. The van der Waals surface area contributed by atoms with Crippen LogP contribution in [-0.4, -0.2) is 34.5 Å². The number of carboxylic acid groups (broad SMARTS) is 1. The lowest BCUT2D eigenvalue weighted by atomic mass is 10.1. The summed E-state index contributed by atoms with van der Waals surface area (Å²) in [4.78, 5) is 10.8. The lowest BCUT2D eigenvalue weighted by Gasteiger charge is -1.99. The Hall–Kier alpha value is -2.21. The van der Waals surface area contributed by atoms with Crippen molar-refractivity contribution in [2.45, 2.75) is 12.3 Å². The Morgan fingerprint density at radius 3 is 2.68 bits per heavy atom. The number of hydrogen-bond donors (Lipinski definition) is 1. The van der Waals surface area contributed by atoms with Crippen LogP contribution in [0.4, 0.5) is 0 Å². The fraction of sp³-hybridized carbons (Fsp3) is 0.308. The van der Waals surface area contributed by atoms with Crippen LogP contribution in [0.25, 0.3) is 11.5 Å². The second-order valence-electron chi connectivity index (χ2n) is 4.39. The van der Waals surface area contributed by atoms with E-state index in [4.69, 9.17) is 14.3 Å². The normalized spacial score (nSPS) is 18.6. The van der Waals surface area contributed by atoms with Crippen molar-refractivity contribution in [2.75, 3.05) is 13.2 Å². The SMILES string of the molecule is O=C(O)c1ccc(-c2nnc(C3CCOC3)o2)cc1. The van der Waals surface area contributed by atoms with Crippen molar-refractivity contribution in [1.82, 2.24) is 10.2 Å². The van der Waals surface area contributed by atoms with Gasteiger partial charge >= 0.3 is 5.97 Å². The lowest BCUT2D eigenvalue weighted by Crippen LogP contribution is -1.97. The van der Waals surface area contributed by atoms with Crippen LogP contribution in [0.1, 0.15) is 28.6 Å². The zero-order chi connectivity index (χ0) is 13.2. The van der Waals surface area contributed by atoms with Crippen LogP contribution < -0.4 is 0 Å². The molecule has 1 aliphatic heterocycles. The van der Waals surface area contributed by atoms with E-state index in [2.05, 4.69) is 10.2 Å². The number of rotatable bonds is 3. The van der Waals surface area contributed by atoms with Gasteiger partial charge in [0.15, 0.2) is 0 Å². The Kier molecular flexibility index (Phi) is 3.00. The molecule has 1 atom stereocenters. The monoisotopic (exact) mass is 260 g/mol. The molecule has 98 valence electrons. The summed E-state index contributed by atoms with van der Waals surface area (Å²) >= 11 is 0. The first-order valence-corrected chi connectivity index (χ1v) is 5.99. The summed E-state index contributed by atoms with van der Waals surface area (Å²) in [6.07, 6.45) is 0.888. The predicted molar refractivity (Wildman–Crippen MR) is 64.9 cm³/mol. The smallest absolute Gasteiger partial charge is 0.335 e. The molecule has 1 aromatic heterocycles. The Bertz CT molecular complexity index is 585. The Morgan fingerprint density at radius 1 is 1.26 bits per heavy atom. The first kappa shape index (κ1) is 11.9. The van der Waals surface area contributed by atoms with E-state index in [9.17, 15) is 4.79 Å². The molecule has 0 aliphatic carbocycles. The van der Waals surface area contributed by atoms with E-state index < -0.39 is 5.97 Å². The first-order valence-electron chi connectivity index (χ1n) is 5.99. The highest BCUT2D eigenvalue weighted by Gasteiger charge is 2.23. The number of aromatic carboxylic acids is 1. The molecule has 1 unspecified atom stereocenters. The Labute approximate surface area is 109 Å². The van der Waals surface area contributed by atoms with Crippen LogP contribution in [0.3, 0.4) is 0 Å². The van der Waals surface area contributed by atoms with Crippen molar-refractivity contribution in [1.29, 1.82) is 0 Å². The molecule has 6 nitrogen and oxygen atoms in total. The molecule has 1 aliphatic rings. The standard InChI is InChI=1S/C13H12N2O4/c16-13(17)9-3-1-8(2-4-9)11-14-15-12(19-11)10-5-6-18-7-10/h1-4,10H,5-7H2,(H,16,17). The zero-order valence-corrected chi connectivity index (χ0v) is 10.1. The number of carbonyl (C=O) groups is 1. The number of aromatic nitrogens is 2. The second kappa shape index (κ2) is 4.81. The van der Waals surface area contributed by atoms with Gasteiger partial charge in [-0.05, 0) is 30.7 Å². The molecule has 1 N–H and O–H groups in total. The third-order valence-corrected chi connectivity index (χ3v) is 3.10. The molecule has 1 saturated heterocycles. The van der Waals surface area contributed by atoms with E-state index >= 15 is 0 Å². The van der Waals surface area contributed by atoms with Crippen molar-refractivity contribution < 1.29 is 19.1 Å². The molecule has 0 amide bonds. The van der Waals surface area contributed by atoms with Crippen LogP contribution in [0, 0.1) is 0 Å². The molecular formula is C13H12N2O4. The van der Waals surface area contributed by atoms with Crippen LogP contribution in [0.2, 0.25) is 0 Å². The quantitative estimate of drug-likeness (QED) is 0.907. The maximum absolute atomic E-state index is 10.8. The summed E-state index contributed by atoms with van der Waals surface area (Å²) in [6.45, 7) is 1.33. The summed E-state index contributed by atoms with van der Waals surface area (Å²) < 4.78 is 10.9. The van der Waals surface area contributed by atoms with Crippen molar-refractivity contribution in [3.05, 3.63) is 35.7 Å². The molecule has 0 bridgehead atoms. The lowest BCUT2D eigenvalue weighted by molar-refractivity contribution is 0.0697. The number of nitrogens with zero attached hydrogens (tertiary/aromatic N) is 2. The first-order chi connectivity index (χ1) is 9.24. The van der Waals surface area contributed by atoms with E-state index in [1.807, 2.05) is 0 Å².